The fraction of sp³-hybridized carbons (Fsp3) is 0.200. The van der Waals surface area contributed by atoms with E-state index in [0.717, 1.165) is 12.1 Å². The third-order valence-corrected chi connectivity index (χ3v) is 1.87. The lowest BCUT2D eigenvalue weighted by molar-refractivity contribution is 0.591. The van der Waals surface area contributed by atoms with Crippen LogP contribution in [-0.2, 0) is 0 Å². The fourth-order valence-corrected chi connectivity index (χ4v) is 1.10. The van der Waals surface area contributed by atoms with E-state index < -0.39 is 17.3 Å². The number of rotatable bonds is 4. The zero-order chi connectivity index (χ0) is 12.0. The van der Waals surface area contributed by atoms with E-state index in [-0.39, 0.29) is 0 Å². The molecule has 6 heteroatoms. The summed E-state index contributed by atoms with van der Waals surface area (Å²) in [4.78, 5) is 2.57. The first-order valence-corrected chi connectivity index (χ1v) is 4.57. The predicted molar refractivity (Wildman–Crippen MR) is 58.4 cm³/mol. The summed E-state index contributed by atoms with van der Waals surface area (Å²) in [7, 11) is 0. The van der Waals surface area contributed by atoms with Gasteiger partial charge in [-0.05, 0) is 29.6 Å². The molecule has 16 heavy (non-hydrogen) atoms. The topological polar surface area (TPSA) is 74.8 Å². The molecule has 0 aliphatic heterocycles. The number of anilines is 1. The maximum atomic E-state index is 13.0. The number of nitrogens with zero attached hydrogens (tertiary/aromatic N) is 3. The smallest absolute Gasteiger partial charge is 0.149 e. The van der Waals surface area contributed by atoms with E-state index in [1.165, 1.54) is 0 Å². The molecule has 0 fully saturated rings. The van der Waals surface area contributed by atoms with Crippen molar-refractivity contribution in [3.8, 4) is 0 Å². The molecule has 0 unspecified atom stereocenters. The molecule has 0 aliphatic rings. The minimum Gasteiger partial charge on any atom is -0.394 e. The van der Waals surface area contributed by atoms with Gasteiger partial charge in [0.05, 0.1) is 0 Å². The summed E-state index contributed by atoms with van der Waals surface area (Å²) < 4.78 is 26.0. The predicted octanol–water partition coefficient (Wildman–Crippen LogP) is 3.26. The van der Waals surface area contributed by atoms with Crippen molar-refractivity contribution in [2.45, 2.75) is 6.42 Å². The van der Waals surface area contributed by atoms with Gasteiger partial charge in [-0.1, -0.05) is 17.3 Å². The van der Waals surface area contributed by atoms with Crippen molar-refractivity contribution in [2.24, 2.45) is 5.11 Å². The van der Waals surface area contributed by atoms with Crippen LogP contribution in [0.3, 0.4) is 0 Å². The van der Waals surface area contributed by atoms with Crippen molar-refractivity contribution in [3.05, 3.63) is 45.8 Å². The number of benzene rings is 1. The number of nitrogen functional groups attached to an aromatic ring is 1. The molecule has 0 saturated carbocycles. The number of hydrogen-bond donors (Lipinski definition) is 1. The van der Waals surface area contributed by atoms with Gasteiger partial charge in [-0.2, -0.15) is 0 Å². The fourth-order valence-electron chi connectivity index (χ4n) is 1.10. The summed E-state index contributed by atoms with van der Waals surface area (Å²) in [6, 6.07) is 2.28. The standard InChI is InChI=1S/C10H10F2N4/c11-8-5-7(6-9(12)10(8)13)3-1-2-4-15-16-14/h1,3,5-6H,2,4,13H2. The number of azide groups is 1. The van der Waals surface area contributed by atoms with Crippen molar-refractivity contribution < 1.29 is 8.78 Å². The van der Waals surface area contributed by atoms with Crippen LogP contribution in [-0.4, -0.2) is 6.54 Å². The lowest BCUT2D eigenvalue weighted by atomic mass is 10.1. The Morgan fingerprint density at radius 3 is 2.56 bits per heavy atom. The Morgan fingerprint density at radius 2 is 2.00 bits per heavy atom. The first kappa shape index (κ1) is 12.0. The van der Waals surface area contributed by atoms with Crippen molar-refractivity contribution in [2.75, 3.05) is 12.3 Å². The van der Waals surface area contributed by atoms with Crippen molar-refractivity contribution >= 4 is 11.8 Å². The lowest BCUT2D eigenvalue weighted by Crippen LogP contribution is -1.95. The maximum Gasteiger partial charge on any atom is 0.149 e. The monoisotopic (exact) mass is 224 g/mol. The molecule has 1 rings (SSSR count). The normalized spacial score (nSPS) is 10.4. The SMILES string of the molecule is [N-]=[N+]=NCCC=Cc1cc(F)c(N)c(F)c1. The van der Waals surface area contributed by atoms with Gasteiger partial charge in [0.1, 0.15) is 17.3 Å². The highest BCUT2D eigenvalue weighted by molar-refractivity contribution is 5.54. The Labute approximate surface area is 91.0 Å². The van der Waals surface area contributed by atoms with Crippen molar-refractivity contribution in [1.82, 2.24) is 0 Å². The van der Waals surface area contributed by atoms with E-state index in [1.54, 1.807) is 12.2 Å². The Kier molecular flexibility index (Phi) is 4.29. The van der Waals surface area contributed by atoms with Gasteiger partial charge in [-0.25, -0.2) is 8.78 Å². The van der Waals surface area contributed by atoms with E-state index in [4.69, 9.17) is 11.3 Å². The van der Waals surface area contributed by atoms with Crippen molar-refractivity contribution in [3.63, 3.8) is 0 Å². The maximum absolute atomic E-state index is 13.0. The second-order valence-corrected chi connectivity index (χ2v) is 3.04. The highest BCUT2D eigenvalue weighted by Crippen LogP contribution is 2.18. The molecule has 4 nitrogen and oxygen atoms in total. The average Bonchev–Trinajstić information content (AvgIpc) is 2.25. The molecule has 84 valence electrons. The van der Waals surface area contributed by atoms with Crippen LogP contribution in [0, 0.1) is 11.6 Å². The first-order valence-electron chi connectivity index (χ1n) is 4.57. The number of halogens is 2. The molecule has 1 aromatic carbocycles. The molecule has 0 aliphatic carbocycles. The molecule has 0 heterocycles. The second-order valence-electron chi connectivity index (χ2n) is 3.04. The molecule has 0 radical (unpaired) electrons. The summed E-state index contributed by atoms with van der Waals surface area (Å²) in [5.74, 6) is -1.57. The highest BCUT2D eigenvalue weighted by Gasteiger charge is 2.05. The third-order valence-electron chi connectivity index (χ3n) is 1.87. The summed E-state index contributed by atoms with van der Waals surface area (Å²) >= 11 is 0. The van der Waals surface area contributed by atoms with Gasteiger partial charge in [0.15, 0.2) is 0 Å². The molecular formula is C10H10F2N4. The van der Waals surface area contributed by atoms with Crippen LogP contribution in [0.4, 0.5) is 14.5 Å². The van der Waals surface area contributed by atoms with Gasteiger partial charge in [0.2, 0.25) is 0 Å². The molecule has 2 N–H and O–H groups in total. The van der Waals surface area contributed by atoms with Crippen LogP contribution in [0.1, 0.15) is 12.0 Å². The zero-order valence-electron chi connectivity index (χ0n) is 8.40. The Bertz CT molecular complexity index is 427. The molecule has 1 aromatic rings. The van der Waals surface area contributed by atoms with E-state index in [0.29, 0.717) is 18.5 Å². The van der Waals surface area contributed by atoms with E-state index in [1.807, 2.05) is 0 Å². The summed E-state index contributed by atoms with van der Waals surface area (Å²) in [5, 5.41) is 3.31. The summed E-state index contributed by atoms with van der Waals surface area (Å²) in [6.07, 6.45) is 3.72. The molecule has 0 amide bonds. The Hall–Kier alpha value is -2.07. The lowest BCUT2D eigenvalue weighted by Gasteiger charge is -2.00. The van der Waals surface area contributed by atoms with Gasteiger partial charge in [-0.15, -0.1) is 0 Å². The average molecular weight is 224 g/mol. The third kappa shape index (κ3) is 3.25. The van der Waals surface area contributed by atoms with Gasteiger partial charge in [-0.3, -0.25) is 0 Å². The molecule has 0 saturated heterocycles. The van der Waals surface area contributed by atoms with Gasteiger partial charge in [0.25, 0.3) is 0 Å². The number of nitrogens with two attached hydrogens (primary N) is 1. The van der Waals surface area contributed by atoms with E-state index >= 15 is 0 Å². The molecule has 0 aromatic heterocycles. The Morgan fingerprint density at radius 1 is 1.38 bits per heavy atom. The first-order chi connectivity index (χ1) is 7.65. The van der Waals surface area contributed by atoms with Crippen LogP contribution in [0.5, 0.6) is 0 Å². The van der Waals surface area contributed by atoms with Gasteiger partial charge in [0, 0.05) is 11.5 Å². The Balaban J connectivity index is 2.71. The molecular weight excluding hydrogens is 214 g/mol. The van der Waals surface area contributed by atoms with Gasteiger partial charge < -0.3 is 5.73 Å². The minimum absolute atomic E-state index is 0.312. The summed E-state index contributed by atoms with van der Waals surface area (Å²) in [6.45, 7) is 0.312. The van der Waals surface area contributed by atoms with Crippen LogP contribution < -0.4 is 5.73 Å². The largest absolute Gasteiger partial charge is 0.394 e. The van der Waals surface area contributed by atoms with E-state index in [9.17, 15) is 8.78 Å². The quantitative estimate of drug-likeness (QED) is 0.275. The molecule has 0 bridgehead atoms. The van der Waals surface area contributed by atoms with E-state index in [2.05, 4.69) is 10.0 Å². The van der Waals surface area contributed by atoms with Crippen LogP contribution in [0.15, 0.2) is 23.3 Å². The molecule has 0 atom stereocenters. The van der Waals surface area contributed by atoms with Crippen molar-refractivity contribution in [1.29, 1.82) is 0 Å². The zero-order valence-corrected chi connectivity index (χ0v) is 8.40. The van der Waals surface area contributed by atoms with Gasteiger partial charge >= 0.3 is 0 Å². The van der Waals surface area contributed by atoms with Crippen LogP contribution >= 0.6 is 0 Å². The highest BCUT2D eigenvalue weighted by atomic mass is 19.1. The van der Waals surface area contributed by atoms with Crippen LogP contribution in [0.25, 0.3) is 16.5 Å². The summed E-state index contributed by atoms with van der Waals surface area (Å²) in [5.41, 5.74) is 13.0. The van der Waals surface area contributed by atoms with Crippen LogP contribution in [0.2, 0.25) is 0 Å². The molecule has 0 spiro atoms. The second kappa shape index (κ2) is 5.72. The number of hydrogen-bond acceptors (Lipinski definition) is 2. The minimum atomic E-state index is -0.783.